The van der Waals surface area contributed by atoms with Gasteiger partial charge in [-0.25, -0.2) is 4.98 Å². The smallest absolute Gasteiger partial charge is 0.125 e. The van der Waals surface area contributed by atoms with E-state index in [0.29, 0.717) is 5.02 Å². The second kappa shape index (κ2) is 4.84. The van der Waals surface area contributed by atoms with E-state index in [1.165, 1.54) is 0 Å². The van der Waals surface area contributed by atoms with E-state index in [1.54, 1.807) is 11.3 Å². The van der Waals surface area contributed by atoms with Crippen molar-refractivity contribution in [3.05, 3.63) is 38.8 Å². The largest absolute Gasteiger partial charge is 0.323 e. The minimum Gasteiger partial charge on any atom is -0.323 e. The molecule has 2 N–H and O–H groups in total. The number of rotatable bonds is 2. The summed E-state index contributed by atoms with van der Waals surface area (Å²) in [4.78, 5) is 4.47. The third-order valence-corrected chi connectivity index (χ3v) is 3.86. The predicted molar refractivity (Wildman–Crippen MR) is 72.9 cm³/mol. The summed E-state index contributed by atoms with van der Waals surface area (Å²) in [6, 6.07) is 5.68. The number of aromatic nitrogens is 1. The number of thiazole rings is 1. The molecule has 1 aromatic heterocycles. The van der Waals surface area contributed by atoms with Gasteiger partial charge in [-0.1, -0.05) is 27.5 Å². The van der Waals surface area contributed by atoms with Crippen molar-refractivity contribution in [2.45, 2.75) is 13.0 Å². The highest BCUT2D eigenvalue weighted by Gasteiger charge is 2.10. The summed E-state index contributed by atoms with van der Waals surface area (Å²) in [5, 5.41) is 3.57. The molecular weight excluding hydrogens is 308 g/mol. The molecule has 0 spiro atoms. The van der Waals surface area contributed by atoms with Crippen LogP contribution < -0.4 is 5.73 Å². The van der Waals surface area contributed by atoms with E-state index >= 15 is 0 Å². The van der Waals surface area contributed by atoms with Gasteiger partial charge in [0, 0.05) is 21.5 Å². The number of nitrogens with zero attached hydrogens (tertiary/aromatic N) is 1. The van der Waals surface area contributed by atoms with Crippen LogP contribution in [0.25, 0.3) is 10.6 Å². The molecule has 0 amide bonds. The van der Waals surface area contributed by atoms with Crippen LogP contribution in [0.4, 0.5) is 0 Å². The molecule has 1 atom stereocenters. The van der Waals surface area contributed by atoms with Gasteiger partial charge in [0.05, 0.1) is 10.7 Å². The molecule has 1 unspecified atom stereocenters. The lowest BCUT2D eigenvalue weighted by atomic mass is 10.2. The molecule has 0 saturated carbocycles. The second-order valence-electron chi connectivity index (χ2n) is 3.49. The highest BCUT2D eigenvalue weighted by atomic mass is 79.9. The van der Waals surface area contributed by atoms with Crippen LogP contribution in [0.15, 0.2) is 28.1 Å². The molecule has 2 aromatic rings. The van der Waals surface area contributed by atoms with Gasteiger partial charge >= 0.3 is 0 Å². The standard InChI is InChI=1S/C11H10BrClN2S/c1-6(14)10-5-16-11(15-10)8-4-7(12)2-3-9(8)13/h2-6H,14H2,1H3. The highest BCUT2D eigenvalue weighted by Crippen LogP contribution is 2.33. The lowest BCUT2D eigenvalue weighted by Crippen LogP contribution is -2.04. The summed E-state index contributed by atoms with van der Waals surface area (Å²) < 4.78 is 0.990. The van der Waals surface area contributed by atoms with Crippen LogP contribution in [0, 0.1) is 0 Å². The Morgan fingerprint density at radius 1 is 1.50 bits per heavy atom. The fraction of sp³-hybridized carbons (Fsp3) is 0.182. The third kappa shape index (κ3) is 2.46. The van der Waals surface area contributed by atoms with Crippen molar-refractivity contribution in [2.75, 3.05) is 0 Å². The van der Waals surface area contributed by atoms with Crippen molar-refractivity contribution in [2.24, 2.45) is 5.73 Å². The molecule has 0 aliphatic carbocycles. The molecule has 1 heterocycles. The molecule has 0 aliphatic heterocycles. The first kappa shape index (κ1) is 12.0. The van der Waals surface area contributed by atoms with Crippen LogP contribution in [-0.4, -0.2) is 4.98 Å². The minimum absolute atomic E-state index is 0.0454. The van der Waals surface area contributed by atoms with Crippen molar-refractivity contribution < 1.29 is 0 Å². The Hall–Kier alpha value is -0.420. The molecule has 0 saturated heterocycles. The first-order valence-corrected chi connectivity index (χ1v) is 6.79. The van der Waals surface area contributed by atoms with Gasteiger partial charge in [-0.05, 0) is 25.1 Å². The van der Waals surface area contributed by atoms with Crippen molar-refractivity contribution in [3.63, 3.8) is 0 Å². The maximum Gasteiger partial charge on any atom is 0.125 e. The van der Waals surface area contributed by atoms with Gasteiger partial charge in [0.25, 0.3) is 0 Å². The van der Waals surface area contributed by atoms with E-state index in [-0.39, 0.29) is 6.04 Å². The summed E-state index contributed by atoms with van der Waals surface area (Å²) in [5.41, 5.74) is 7.61. The summed E-state index contributed by atoms with van der Waals surface area (Å²) in [6.45, 7) is 1.92. The Morgan fingerprint density at radius 2 is 2.25 bits per heavy atom. The van der Waals surface area contributed by atoms with E-state index in [4.69, 9.17) is 17.3 Å². The van der Waals surface area contributed by atoms with Crippen LogP contribution in [0.1, 0.15) is 18.7 Å². The van der Waals surface area contributed by atoms with Crippen LogP contribution in [0.2, 0.25) is 5.02 Å². The van der Waals surface area contributed by atoms with Crippen molar-refractivity contribution in [1.29, 1.82) is 0 Å². The van der Waals surface area contributed by atoms with Crippen LogP contribution >= 0.6 is 38.9 Å². The van der Waals surface area contributed by atoms with Crippen molar-refractivity contribution >= 4 is 38.9 Å². The average molecular weight is 318 g/mol. The Bertz CT molecular complexity index is 510. The number of halogens is 2. The minimum atomic E-state index is -0.0454. The number of hydrogen-bond acceptors (Lipinski definition) is 3. The molecular formula is C11H10BrClN2S. The Labute approximate surface area is 112 Å². The Morgan fingerprint density at radius 3 is 2.88 bits per heavy atom. The predicted octanol–water partition coefficient (Wildman–Crippen LogP) is 4.25. The highest BCUT2D eigenvalue weighted by molar-refractivity contribution is 9.10. The monoisotopic (exact) mass is 316 g/mol. The Kier molecular flexibility index (Phi) is 3.64. The fourth-order valence-corrected chi connectivity index (χ4v) is 2.86. The van der Waals surface area contributed by atoms with E-state index in [2.05, 4.69) is 20.9 Å². The second-order valence-corrected chi connectivity index (χ2v) is 5.67. The lowest BCUT2D eigenvalue weighted by molar-refractivity contribution is 0.790. The molecule has 5 heteroatoms. The van der Waals surface area contributed by atoms with Gasteiger partial charge < -0.3 is 5.73 Å². The maximum atomic E-state index is 6.13. The first-order chi connectivity index (χ1) is 7.58. The van der Waals surface area contributed by atoms with Gasteiger partial charge in [-0.3, -0.25) is 0 Å². The molecule has 1 aromatic carbocycles. The zero-order valence-electron chi connectivity index (χ0n) is 8.58. The first-order valence-electron chi connectivity index (χ1n) is 4.74. The average Bonchev–Trinajstić information content (AvgIpc) is 2.70. The van der Waals surface area contributed by atoms with Gasteiger partial charge in [0.15, 0.2) is 0 Å². The van der Waals surface area contributed by atoms with Crippen molar-refractivity contribution in [1.82, 2.24) is 4.98 Å². The number of nitrogens with two attached hydrogens (primary N) is 1. The zero-order chi connectivity index (χ0) is 11.7. The number of hydrogen-bond donors (Lipinski definition) is 1. The van der Waals surface area contributed by atoms with E-state index in [0.717, 1.165) is 20.7 Å². The van der Waals surface area contributed by atoms with E-state index < -0.39 is 0 Å². The van der Waals surface area contributed by atoms with Gasteiger partial charge in [0.2, 0.25) is 0 Å². The van der Waals surface area contributed by atoms with E-state index in [1.807, 2.05) is 30.5 Å². The maximum absolute atomic E-state index is 6.13. The van der Waals surface area contributed by atoms with E-state index in [9.17, 15) is 0 Å². The summed E-state index contributed by atoms with van der Waals surface area (Å²) >= 11 is 11.1. The summed E-state index contributed by atoms with van der Waals surface area (Å²) in [5.74, 6) is 0. The van der Waals surface area contributed by atoms with Gasteiger partial charge in [-0.15, -0.1) is 11.3 Å². The molecule has 84 valence electrons. The summed E-state index contributed by atoms with van der Waals surface area (Å²) in [7, 11) is 0. The fourth-order valence-electron chi connectivity index (χ4n) is 1.28. The van der Waals surface area contributed by atoms with Crippen LogP contribution in [0.5, 0.6) is 0 Å². The van der Waals surface area contributed by atoms with Crippen LogP contribution in [0.3, 0.4) is 0 Å². The van der Waals surface area contributed by atoms with Gasteiger partial charge in [-0.2, -0.15) is 0 Å². The number of benzene rings is 1. The SMILES string of the molecule is CC(N)c1csc(-c2cc(Br)ccc2Cl)n1. The van der Waals surface area contributed by atoms with Crippen molar-refractivity contribution in [3.8, 4) is 10.6 Å². The third-order valence-electron chi connectivity index (χ3n) is 2.15. The normalized spacial score (nSPS) is 12.8. The van der Waals surface area contributed by atoms with Gasteiger partial charge in [0.1, 0.15) is 5.01 Å². The molecule has 0 radical (unpaired) electrons. The molecule has 0 bridgehead atoms. The zero-order valence-corrected chi connectivity index (χ0v) is 11.7. The molecule has 0 fully saturated rings. The van der Waals surface area contributed by atoms with Crippen LogP contribution in [-0.2, 0) is 0 Å². The molecule has 2 rings (SSSR count). The molecule has 16 heavy (non-hydrogen) atoms. The quantitative estimate of drug-likeness (QED) is 0.899. The molecule has 0 aliphatic rings. The lowest BCUT2D eigenvalue weighted by Gasteiger charge is -2.01. The topological polar surface area (TPSA) is 38.9 Å². The summed E-state index contributed by atoms with van der Waals surface area (Å²) in [6.07, 6.45) is 0. The Balaban J connectivity index is 2.46. The molecule has 2 nitrogen and oxygen atoms in total.